The molecule has 0 aliphatic carbocycles. The maximum absolute atomic E-state index is 5.56. The lowest BCUT2D eigenvalue weighted by atomic mass is 9.95. The van der Waals surface area contributed by atoms with Crippen LogP contribution >= 0.6 is 22.6 Å². The Bertz CT molecular complexity index is 357. The predicted octanol–water partition coefficient (Wildman–Crippen LogP) is 2.09. The standard InChI is InChI=1S/C11H16IN3O/c1-11(16-2)4-3-5-15(8-11)10-13-6-9(12)7-14-10/h6-7H,3-5,8H2,1-2H3. The van der Waals surface area contributed by atoms with Gasteiger partial charge in [0.05, 0.1) is 5.60 Å². The largest absolute Gasteiger partial charge is 0.377 e. The Morgan fingerprint density at radius 2 is 2.12 bits per heavy atom. The second kappa shape index (κ2) is 4.83. The molecule has 1 unspecified atom stereocenters. The summed E-state index contributed by atoms with van der Waals surface area (Å²) < 4.78 is 6.62. The van der Waals surface area contributed by atoms with E-state index in [1.54, 1.807) is 7.11 Å². The summed E-state index contributed by atoms with van der Waals surface area (Å²) in [4.78, 5) is 10.9. The van der Waals surface area contributed by atoms with E-state index < -0.39 is 0 Å². The fraction of sp³-hybridized carbons (Fsp3) is 0.636. The van der Waals surface area contributed by atoms with Gasteiger partial charge in [-0.1, -0.05) is 0 Å². The van der Waals surface area contributed by atoms with Gasteiger partial charge >= 0.3 is 0 Å². The first-order chi connectivity index (χ1) is 7.63. The molecule has 1 aromatic heterocycles. The van der Waals surface area contributed by atoms with Crippen molar-refractivity contribution in [2.75, 3.05) is 25.1 Å². The molecule has 1 aliphatic heterocycles. The molecule has 16 heavy (non-hydrogen) atoms. The van der Waals surface area contributed by atoms with Gasteiger partial charge in [0.1, 0.15) is 0 Å². The molecule has 1 fully saturated rings. The molecule has 88 valence electrons. The second-order valence-corrected chi connectivity index (χ2v) is 5.63. The summed E-state index contributed by atoms with van der Waals surface area (Å²) in [6.45, 7) is 4.02. The van der Waals surface area contributed by atoms with Crippen LogP contribution in [0.25, 0.3) is 0 Å². The minimum atomic E-state index is -0.0649. The first-order valence-corrected chi connectivity index (χ1v) is 6.48. The first kappa shape index (κ1) is 12.0. The summed E-state index contributed by atoms with van der Waals surface area (Å²) in [7, 11) is 1.78. The maximum Gasteiger partial charge on any atom is 0.225 e. The van der Waals surface area contributed by atoms with Crippen molar-refractivity contribution in [2.45, 2.75) is 25.4 Å². The minimum Gasteiger partial charge on any atom is -0.377 e. The van der Waals surface area contributed by atoms with Gasteiger partial charge in [-0.25, -0.2) is 9.97 Å². The third kappa shape index (κ3) is 2.63. The van der Waals surface area contributed by atoms with Crippen LogP contribution in [0.1, 0.15) is 19.8 Å². The van der Waals surface area contributed by atoms with Crippen molar-refractivity contribution in [1.29, 1.82) is 0 Å². The third-order valence-corrected chi connectivity index (χ3v) is 3.60. The lowest BCUT2D eigenvalue weighted by Crippen LogP contribution is -2.48. The zero-order valence-electron chi connectivity index (χ0n) is 9.61. The Labute approximate surface area is 110 Å². The van der Waals surface area contributed by atoms with Crippen molar-refractivity contribution in [3.8, 4) is 0 Å². The van der Waals surface area contributed by atoms with Gasteiger partial charge in [-0.2, -0.15) is 0 Å². The molecule has 0 spiro atoms. The highest BCUT2D eigenvalue weighted by Crippen LogP contribution is 2.25. The van der Waals surface area contributed by atoms with Crippen molar-refractivity contribution in [2.24, 2.45) is 0 Å². The van der Waals surface area contributed by atoms with Crippen LogP contribution in [0.4, 0.5) is 5.95 Å². The molecule has 1 aromatic rings. The van der Waals surface area contributed by atoms with Gasteiger partial charge in [0.15, 0.2) is 0 Å². The lowest BCUT2D eigenvalue weighted by Gasteiger charge is -2.39. The van der Waals surface area contributed by atoms with Gasteiger partial charge in [-0.15, -0.1) is 0 Å². The number of halogens is 1. The van der Waals surface area contributed by atoms with Gasteiger partial charge < -0.3 is 9.64 Å². The second-order valence-electron chi connectivity index (χ2n) is 4.38. The molecule has 0 saturated carbocycles. The summed E-state index contributed by atoms with van der Waals surface area (Å²) in [5.74, 6) is 0.809. The predicted molar refractivity (Wildman–Crippen MR) is 71.6 cm³/mol. The van der Waals surface area contributed by atoms with Gasteiger partial charge in [-0.05, 0) is 42.4 Å². The Hall–Kier alpha value is -0.430. The molecule has 0 bridgehead atoms. The van der Waals surface area contributed by atoms with E-state index in [9.17, 15) is 0 Å². The van der Waals surface area contributed by atoms with E-state index in [1.165, 1.54) is 0 Å². The lowest BCUT2D eigenvalue weighted by molar-refractivity contribution is -0.00498. The van der Waals surface area contributed by atoms with Crippen LogP contribution in [0.15, 0.2) is 12.4 Å². The number of rotatable bonds is 2. The molecule has 2 rings (SSSR count). The van der Waals surface area contributed by atoms with Crippen molar-refractivity contribution in [3.63, 3.8) is 0 Å². The van der Waals surface area contributed by atoms with Crippen LogP contribution in [0.5, 0.6) is 0 Å². The third-order valence-electron chi connectivity index (χ3n) is 3.04. The van der Waals surface area contributed by atoms with Gasteiger partial charge in [-0.3, -0.25) is 0 Å². The number of piperidine rings is 1. The molecule has 0 N–H and O–H groups in total. The van der Waals surface area contributed by atoms with Crippen molar-refractivity contribution in [1.82, 2.24) is 9.97 Å². The average Bonchev–Trinajstić information content (AvgIpc) is 2.30. The smallest absolute Gasteiger partial charge is 0.225 e. The van der Waals surface area contributed by atoms with Crippen LogP contribution in [0.2, 0.25) is 0 Å². The van der Waals surface area contributed by atoms with Gasteiger partial charge in [0, 0.05) is 36.2 Å². The Kier molecular flexibility index (Phi) is 3.63. The molecule has 4 nitrogen and oxygen atoms in total. The molecule has 1 aliphatic rings. The molecule has 0 aromatic carbocycles. The topological polar surface area (TPSA) is 38.2 Å². The number of methoxy groups -OCH3 is 1. The summed E-state index contributed by atoms with van der Waals surface area (Å²) in [6, 6.07) is 0. The summed E-state index contributed by atoms with van der Waals surface area (Å²) in [5, 5.41) is 0. The molecule has 5 heteroatoms. The van der Waals surface area contributed by atoms with E-state index in [0.29, 0.717) is 0 Å². The van der Waals surface area contributed by atoms with Crippen LogP contribution in [0.3, 0.4) is 0 Å². The van der Waals surface area contributed by atoms with Crippen molar-refractivity contribution in [3.05, 3.63) is 16.0 Å². The maximum atomic E-state index is 5.56. The average molecular weight is 333 g/mol. The summed E-state index contributed by atoms with van der Waals surface area (Å²) in [6.07, 6.45) is 5.92. The number of hydrogen-bond donors (Lipinski definition) is 0. The van der Waals surface area contributed by atoms with Crippen molar-refractivity contribution < 1.29 is 4.74 Å². The molecular weight excluding hydrogens is 317 g/mol. The highest BCUT2D eigenvalue weighted by atomic mass is 127. The quantitative estimate of drug-likeness (QED) is 0.777. The normalized spacial score (nSPS) is 25.8. The highest BCUT2D eigenvalue weighted by molar-refractivity contribution is 14.1. The number of aromatic nitrogens is 2. The van der Waals surface area contributed by atoms with Crippen molar-refractivity contribution >= 4 is 28.5 Å². The fourth-order valence-electron chi connectivity index (χ4n) is 2.01. The number of hydrogen-bond acceptors (Lipinski definition) is 4. The van der Waals surface area contributed by atoms with Gasteiger partial charge in [0.2, 0.25) is 5.95 Å². The first-order valence-electron chi connectivity index (χ1n) is 5.41. The summed E-state index contributed by atoms with van der Waals surface area (Å²) in [5.41, 5.74) is -0.0649. The zero-order chi connectivity index (χ0) is 11.6. The van der Waals surface area contributed by atoms with Crippen LogP contribution < -0.4 is 4.90 Å². The van der Waals surface area contributed by atoms with E-state index in [-0.39, 0.29) is 5.60 Å². The molecule has 0 amide bonds. The number of ether oxygens (including phenoxy) is 1. The van der Waals surface area contributed by atoms with Crippen LogP contribution in [-0.4, -0.2) is 35.8 Å². The van der Waals surface area contributed by atoms with E-state index in [4.69, 9.17) is 4.74 Å². The number of nitrogens with zero attached hydrogens (tertiary/aromatic N) is 3. The molecule has 2 heterocycles. The molecule has 1 saturated heterocycles. The Morgan fingerprint density at radius 3 is 2.75 bits per heavy atom. The Balaban J connectivity index is 2.12. The fourth-order valence-corrected chi connectivity index (χ4v) is 2.29. The van der Waals surface area contributed by atoms with E-state index in [0.717, 1.165) is 35.4 Å². The highest BCUT2D eigenvalue weighted by Gasteiger charge is 2.31. The molecular formula is C11H16IN3O. The Morgan fingerprint density at radius 1 is 1.44 bits per heavy atom. The monoisotopic (exact) mass is 333 g/mol. The van der Waals surface area contributed by atoms with Gasteiger partial charge in [0.25, 0.3) is 0 Å². The zero-order valence-corrected chi connectivity index (χ0v) is 11.8. The number of anilines is 1. The SMILES string of the molecule is COC1(C)CCCN(c2ncc(I)cn2)C1. The minimum absolute atomic E-state index is 0.0649. The van der Waals surface area contributed by atoms with Crippen LogP contribution in [0, 0.1) is 3.57 Å². The van der Waals surface area contributed by atoms with E-state index in [1.807, 2.05) is 12.4 Å². The van der Waals surface area contributed by atoms with E-state index >= 15 is 0 Å². The van der Waals surface area contributed by atoms with Crippen LogP contribution in [-0.2, 0) is 4.74 Å². The molecule has 0 radical (unpaired) electrons. The van der Waals surface area contributed by atoms with E-state index in [2.05, 4.69) is 44.4 Å². The molecule has 1 atom stereocenters. The summed E-state index contributed by atoms with van der Waals surface area (Å²) >= 11 is 2.21.